The summed E-state index contributed by atoms with van der Waals surface area (Å²) >= 11 is 7.95. The fourth-order valence-corrected chi connectivity index (χ4v) is 5.93. The number of nitrogens with zero attached hydrogens (tertiary/aromatic N) is 1. The van der Waals surface area contributed by atoms with Crippen LogP contribution in [0.15, 0.2) is 117 Å². The van der Waals surface area contributed by atoms with Crippen molar-refractivity contribution in [3.8, 4) is 0 Å². The molecule has 1 saturated heterocycles. The molecular formula is C32H22Br2FN3O4S. The topological polar surface area (TPSA) is 95.6 Å². The SMILES string of the molecule is O=C(Nc1cccc(SC2CC(=O)N(c3ccc(Br)cc3)C2=O)c1)/C(=C/c1ccc(Br)cc1)NC(=O)c1ccccc1F. The van der Waals surface area contributed by atoms with Gasteiger partial charge >= 0.3 is 0 Å². The van der Waals surface area contributed by atoms with E-state index in [9.17, 15) is 23.6 Å². The van der Waals surface area contributed by atoms with Gasteiger partial charge in [-0.25, -0.2) is 9.29 Å². The van der Waals surface area contributed by atoms with E-state index in [4.69, 9.17) is 0 Å². The van der Waals surface area contributed by atoms with Crippen LogP contribution >= 0.6 is 43.6 Å². The molecule has 1 fully saturated rings. The molecule has 0 aromatic heterocycles. The van der Waals surface area contributed by atoms with Crippen molar-refractivity contribution < 1.29 is 23.6 Å². The summed E-state index contributed by atoms with van der Waals surface area (Å²) in [7, 11) is 0. The van der Waals surface area contributed by atoms with Gasteiger partial charge in [0.25, 0.3) is 11.8 Å². The number of rotatable bonds is 8. The monoisotopic (exact) mass is 721 g/mol. The van der Waals surface area contributed by atoms with Gasteiger partial charge < -0.3 is 10.6 Å². The highest BCUT2D eigenvalue weighted by atomic mass is 79.9. The Morgan fingerprint density at radius 2 is 1.56 bits per heavy atom. The van der Waals surface area contributed by atoms with Gasteiger partial charge in [-0.2, -0.15) is 0 Å². The maximum atomic E-state index is 14.3. The van der Waals surface area contributed by atoms with Gasteiger partial charge in [0.05, 0.1) is 16.5 Å². The summed E-state index contributed by atoms with van der Waals surface area (Å²) in [6.45, 7) is 0. The first-order valence-corrected chi connectivity index (χ1v) is 15.4. The lowest BCUT2D eigenvalue weighted by Crippen LogP contribution is -2.31. The molecular weight excluding hydrogens is 701 g/mol. The third-order valence-corrected chi connectivity index (χ3v) is 8.59. The molecule has 4 aromatic rings. The van der Waals surface area contributed by atoms with E-state index in [-0.39, 0.29) is 29.5 Å². The van der Waals surface area contributed by atoms with E-state index in [0.717, 1.165) is 15.0 Å². The van der Waals surface area contributed by atoms with Crippen LogP contribution in [-0.2, 0) is 14.4 Å². The summed E-state index contributed by atoms with van der Waals surface area (Å²) in [6.07, 6.45) is 1.52. The highest BCUT2D eigenvalue weighted by Gasteiger charge is 2.40. The largest absolute Gasteiger partial charge is 0.321 e. The predicted molar refractivity (Wildman–Crippen MR) is 172 cm³/mol. The second-order valence-corrected chi connectivity index (χ2v) is 12.5. The zero-order valence-electron chi connectivity index (χ0n) is 22.2. The van der Waals surface area contributed by atoms with Crippen molar-refractivity contribution in [3.05, 3.63) is 129 Å². The van der Waals surface area contributed by atoms with E-state index in [1.165, 1.54) is 40.9 Å². The number of anilines is 2. The number of carbonyl (C=O) groups excluding carboxylic acids is 4. The molecule has 11 heteroatoms. The number of carbonyl (C=O) groups is 4. The minimum absolute atomic E-state index is 0.0400. The second-order valence-electron chi connectivity index (χ2n) is 9.38. The molecule has 1 heterocycles. The van der Waals surface area contributed by atoms with Gasteiger partial charge in [-0.1, -0.05) is 62.2 Å². The van der Waals surface area contributed by atoms with E-state index in [1.54, 1.807) is 72.8 Å². The lowest BCUT2D eigenvalue weighted by molar-refractivity contribution is -0.121. The fourth-order valence-electron chi connectivity index (χ4n) is 4.29. The molecule has 216 valence electrons. The maximum Gasteiger partial charge on any atom is 0.272 e. The molecule has 1 aliphatic heterocycles. The van der Waals surface area contributed by atoms with Gasteiger partial charge in [-0.05, 0) is 78.4 Å². The molecule has 4 amide bonds. The van der Waals surface area contributed by atoms with Gasteiger partial charge in [0, 0.05) is 25.9 Å². The quantitative estimate of drug-likeness (QED) is 0.148. The van der Waals surface area contributed by atoms with Crippen LogP contribution in [-0.4, -0.2) is 28.9 Å². The molecule has 0 aliphatic carbocycles. The Bertz CT molecular complexity index is 1750. The highest BCUT2D eigenvalue weighted by Crippen LogP contribution is 2.35. The van der Waals surface area contributed by atoms with Gasteiger partial charge in [-0.3, -0.25) is 19.2 Å². The van der Waals surface area contributed by atoms with Crippen LogP contribution in [0.3, 0.4) is 0 Å². The molecule has 0 saturated carbocycles. The third kappa shape index (κ3) is 7.48. The van der Waals surface area contributed by atoms with Crippen LogP contribution in [0.4, 0.5) is 15.8 Å². The van der Waals surface area contributed by atoms with Crippen molar-refractivity contribution in [2.75, 3.05) is 10.2 Å². The van der Waals surface area contributed by atoms with Crippen LogP contribution in [0, 0.1) is 5.82 Å². The number of halogens is 3. The summed E-state index contributed by atoms with van der Waals surface area (Å²) in [5.41, 5.74) is 1.23. The van der Waals surface area contributed by atoms with Crippen LogP contribution in [0.2, 0.25) is 0 Å². The third-order valence-electron chi connectivity index (χ3n) is 6.35. The number of imide groups is 1. The molecule has 7 nitrogen and oxygen atoms in total. The molecule has 1 atom stereocenters. The van der Waals surface area contributed by atoms with E-state index in [2.05, 4.69) is 42.5 Å². The molecule has 2 N–H and O–H groups in total. The molecule has 1 unspecified atom stereocenters. The standard InChI is InChI=1S/C32H22Br2FN3O4S/c33-20-10-8-19(9-11-20)16-27(37-30(40)25-6-1-2-7-26(25)35)31(41)36-22-4-3-5-24(17-22)43-28-18-29(39)38(32(28)42)23-14-12-21(34)13-15-23/h1-17,28H,18H2,(H,36,41)(H,37,40)/b27-16-. The average Bonchev–Trinajstić information content (AvgIpc) is 3.26. The number of amides is 4. The summed E-state index contributed by atoms with van der Waals surface area (Å²) in [5.74, 6) is -2.74. The summed E-state index contributed by atoms with van der Waals surface area (Å²) < 4.78 is 15.9. The Labute approximate surface area is 267 Å². The number of thioether (sulfide) groups is 1. The fraction of sp³-hybridized carbons (Fsp3) is 0.0625. The number of hydrogen-bond donors (Lipinski definition) is 2. The second kappa shape index (κ2) is 13.5. The first-order chi connectivity index (χ1) is 20.7. The van der Waals surface area contributed by atoms with Crippen LogP contribution in [0.25, 0.3) is 6.08 Å². The van der Waals surface area contributed by atoms with Crippen molar-refractivity contribution in [1.82, 2.24) is 5.32 Å². The van der Waals surface area contributed by atoms with Crippen LogP contribution < -0.4 is 15.5 Å². The molecule has 0 bridgehead atoms. The molecule has 43 heavy (non-hydrogen) atoms. The van der Waals surface area contributed by atoms with E-state index in [0.29, 0.717) is 21.8 Å². The molecule has 0 radical (unpaired) electrons. The molecule has 5 rings (SSSR count). The maximum absolute atomic E-state index is 14.3. The molecule has 1 aliphatic rings. The minimum atomic E-state index is -0.777. The van der Waals surface area contributed by atoms with Crippen LogP contribution in [0.5, 0.6) is 0 Å². The first-order valence-electron chi connectivity index (χ1n) is 12.9. The smallest absolute Gasteiger partial charge is 0.272 e. The Morgan fingerprint density at radius 1 is 0.884 bits per heavy atom. The lowest BCUT2D eigenvalue weighted by atomic mass is 10.1. The zero-order valence-corrected chi connectivity index (χ0v) is 26.2. The zero-order chi connectivity index (χ0) is 30.5. The Kier molecular flexibility index (Phi) is 9.54. The van der Waals surface area contributed by atoms with Crippen molar-refractivity contribution in [3.63, 3.8) is 0 Å². The van der Waals surface area contributed by atoms with E-state index < -0.39 is 22.9 Å². The van der Waals surface area contributed by atoms with Gasteiger partial charge in [0.2, 0.25) is 11.8 Å². The van der Waals surface area contributed by atoms with Crippen molar-refractivity contribution >= 4 is 84.7 Å². The Morgan fingerprint density at radius 3 is 2.26 bits per heavy atom. The predicted octanol–water partition coefficient (Wildman–Crippen LogP) is 7.18. The minimum Gasteiger partial charge on any atom is -0.321 e. The normalized spacial score (nSPS) is 15.0. The molecule has 0 spiro atoms. The first kappa shape index (κ1) is 30.4. The van der Waals surface area contributed by atoms with Crippen LogP contribution in [0.1, 0.15) is 22.3 Å². The van der Waals surface area contributed by atoms with Crippen molar-refractivity contribution in [2.24, 2.45) is 0 Å². The Hall–Kier alpha value is -4.06. The lowest BCUT2D eigenvalue weighted by Gasteiger charge is -2.15. The van der Waals surface area contributed by atoms with Gasteiger partial charge in [0.15, 0.2) is 0 Å². The number of nitrogens with one attached hydrogen (secondary N) is 2. The van der Waals surface area contributed by atoms with Crippen molar-refractivity contribution in [2.45, 2.75) is 16.6 Å². The Balaban J connectivity index is 1.33. The van der Waals surface area contributed by atoms with E-state index in [1.807, 2.05) is 0 Å². The summed E-state index contributed by atoms with van der Waals surface area (Å²) in [5, 5.41) is 4.66. The number of benzene rings is 4. The summed E-state index contributed by atoms with van der Waals surface area (Å²) in [6, 6.07) is 26.3. The van der Waals surface area contributed by atoms with Gasteiger partial charge in [-0.15, -0.1) is 11.8 Å². The van der Waals surface area contributed by atoms with E-state index >= 15 is 0 Å². The highest BCUT2D eigenvalue weighted by molar-refractivity contribution is 9.10. The van der Waals surface area contributed by atoms with Crippen molar-refractivity contribution in [1.29, 1.82) is 0 Å². The average molecular weight is 723 g/mol. The summed E-state index contributed by atoms with van der Waals surface area (Å²) in [4.78, 5) is 53.9. The van der Waals surface area contributed by atoms with Gasteiger partial charge in [0.1, 0.15) is 11.5 Å². The molecule has 4 aromatic carbocycles. The number of hydrogen-bond acceptors (Lipinski definition) is 5.